The van der Waals surface area contributed by atoms with Crippen molar-refractivity contribution < 1.29 is 44.0 Å². The normalized spacial score (nSPS) is 13.9. The minimum atomic E-state index is -1.43. The molecule has 0 aliphatic rings. The highest BCUT2D eigenvalue weighted by Gasteiger charge is 2.33. The number of hydrogen-bond acceptors (Lipinski definition) is 9. The Morgan fingerprint density at radius 2 is 1.19 bits per heavy atom. The summed E-state index contributed by atoms with van der Waals surface area (Å²) in [6, 6.07) is 0. The standard InChI is InChI=1S/C21H36N2O9/c1-6-20(2,3)16(27)18(29)22-9-11-31-14(25)7-8-15(26)32-12-10-23-19(30)17(28)21(4,5)13-24/h7-8,16-17,24,27-28H,6,9-13H2,1-5H3,(H,22,29)(H,23,30)/b8-7+/t16-,17-/m1/s1. The van der Waals surface area contributed by atoms with Crippen molar-refractivity contribution in [1.82, 2.24) is 10.6 Å². The predicted octanol–water partition coefficient (Wildman–Crippen LogP) is -0.962. The smallest absolute Gasteiger partial charge is 0.331 e. The van der Waals surface area contributed by atoms with Crippen LogP contribution in [-0.2, 0) is 28.7 Å². The van der Waals surface area contributed by atoms with Crippen LogP contribution in [0.1, 0.15) is 41.0 Å². The molecule has 0 saturated carbocycles. The first-order chi connectivity index (χ1) is 14.8. The molecule has 0 aliphatic heterocycles. The van der Waals surface area contributed by atoms with E-state index >= 15 is 0 Å². The second-order valence-electron chi connectivity index (χ2n) is 8.54. The van der Waals surface area contributed by atoms with Crippen molar-refractivity contribution >= 4 is 23.8 Å². The fourth-order valence-corrected chi connectivity index (χ4v) is 2.07. The summed E-state index contributed by atoms with van der Waals surface area (Å²) in [5.74, 6) is -2.94. The summed E-state index contributed by atoms with van der Waals surface area (Å²) in [6.07, 6.45) is -0.310. The average Bonchev–Trinajstić information content (AvgIpc) is 2.76. The molecule has 0 rings (SSSR count). The van der Waals surface area contributed by atoms with Crippen LogP contribution in [0.25, 0.3) is 0 Å². The first-order valence-electron chi connectivity index (χ1n) is 10.3. The number of aliphatic hydroxyl groups excluding tert-OH is 3. The predicted molar refractivity (Wildman–Crippen MR) is 114 cm³/mol. The number of nitrogens with one attached hydrogen (secondary N) is 2. The lowest BCUT2D eigenvalue weighted by Gasteiger charge is -2.28. The molecule has 2 atom stereocenters. The van der Waals surface area contributed by atoms with Crippen LogP contribution < -0.4 is 10.6 Å². The lowest BCUT2D eigenvalue weighted by atomic mass is 9.83. The minimum absolute atomic E-state index is 0.00164. The largest absolute Gasteiger partial charge is 0.461 e. The van der Waals surface area contributed by atoms with Crippen molar-refractivity contribution in [2.45, 2.75) is 53.2 Å². The van der Waals surface area contributed by atoms with Gasteiger partial charge in [-0.1, -0.05) is 34.6 Å². The van der Waals surface area contributed by atoms with E-state index in [1.807, 2.05) is 6.92 Å². The third kappa shape index (κ3) is 10.7. The molecule has 0 radical (unpaired) electrons. The van der Waals surface area contributed by atoms with Crippen LogP contribution in [0.2, 0.25) is 0 Å². The van der Waals surface area contributed by atoms with E-state index in [0.717, 1.165) is 12.2 Å². The molecule has 0 heterocycles. The molecule has 0 spiro atoms. The highest BCUT2D eigenvalue weighted by atomic mass is 16.5. The van der Waals surface area contributed by atoms with Crippen LogP contribution in [0.4, 0.5) is 0 Å². The molecule has 11 nitrogen and oxygen atoms in total. The van der Waals surface area contributed by atoms with Gasteiger partial charge < -0.3 is 35.4 Å². The summed E-state index contributed by atoms with van der Waals surface area (Å²) in [5.41, 5.74) is -1.60. The van der Waals surface area contributed by atoms with E-state index in [2.05, 4.69) is 10.6 Å². The van der Waals surface area contributed by atoms with E-state index in [-0.39, 0.29) is 32.9 Å². The maximum absolute atomic E-state index is 11.8. The van der Waals surface area contributed by atoms with Crippen LogP contribution in [-0.4, -0.2) is 84.2 Å². The molecule has 0 bridgehead atoms. The summed E-state index contributed by atoms with van der Waals surface area (Å²) in [5, 5.41) is 33.7. The molecular formula is C21H36N2O9. The Morgan fingerprint density at radius 3 is 1.53 bits per heavy atom. The van der Waals surface area contributed by atoms with E-state index < -0.39 is 46.8 Å². The number of aliphatic hydroxyl groups is 3. The van der Waals surface area contributed by atoms with Crippen molar-refractivity contribution in [1.29, 1.82) is 0 Å². The summed E-state index contributed by atoms with van der Waals surface area (Å²) in [7, 11) is 0. The van der Waals surface area contributed by atoms with Gasteiger partial charge in [-0.2, -0.15) is 0 Å². The highest BCUT2D eigenvalue weighted by Crippen LogP contribution is 2.24. The number of rotatable bonds is 14. The SMILES string of the molecule is CCC(C)(C)[C@H](O)C(=O)NCCOC(=O)/C=C/C(=O)OCCNC(=O)[C@@H](O)C(C)(C)CO. The van der Waals surface area contributed by atoms with Gasteiger partial charge in [-0.3, -0.25) is 9.59 Å². The van der Waals surface area contributed by atoms with Gasteiger partial charge in [0.05, 0.1) is 19.7 Å². The average molecular weight is 461 g/mol. The van der Waals surface area contributed by atoms with Gasteiger partial charge in [-0.15, -0.1) is 0 Å². The van der Waals surface area contributed by atoms with Crippen molar-refractivity contribution in [3.63, 3.8) is 0 Å². The molecule has 0 aromatic rings. The van der Waals surface area contributed by atoms with Crippen molar-refractivity contribution in [2.75, 3.05) is 32.9 Å². The Balaban J connectivity index is 4.10. The summed E-state index contributed by atoms with van der Waals surface area (Å²) < 4.78 is 9.62. The van der Waals surface area contributed by atoms with Crippen LogP contribution in [0.5, 0.6) is 0 Å². The van der Waals surface area contributed by atoms with E-state index in [0.29, 0.717) is 6.42 Å². The van der Waals surface area contributed by atoms with Crippen molar-refractivity contribution in [3.8, 4) is 0 Å². The molecule has 184 valence electrons. The monoisotopic (exact) mass is 460 g/mol. The van der Waals surface area contributed by atoms with Crippen LogP contribution in [0, 0.1) is 10.8 Å². The zero-order chi connectivity index (χ0) is 24.9. The quantitative estimate of drug-likeness (QED) is 0.124. The Morgan fingerprint density at radius 1 is 0.812 bits per heavy atom. The third-order valence-electron chi connectivity index (χ3n) is 4.94. The Labute approximate surface area is 188 Å². The molecule has 0 saturated heterocycles. The third-order valence-corrected chi connectivity index (χ3v) is 4.94. The molecule has 0 aromatic carbocycles. The van der Waals surface area contributed by atoms with Gasteiger partial charge >= 0.3 is 11.9 Å². The molecule has 5 N–H and O–H groups in total. The van der Waals surface area contributed by atoms with E-state index in [1.165, 1.54) is 13.8 Å². The van der Waals surface area contributed by atoms with Gasteiger partial charge in [0.15, 0.2) is 0 Å². The highest BCUT2D eigenvalue weighted by molar-refractivity contribution is 5.91. The fraction of sp³-hybridized carbons (Fsp3) is 0.714. The van der Waals surface area contributed by atoms with Crippen LogP contribution in [0.3, 0.4) is 0 Å². The number of amides is 2. The first kappa shape index (κ1) is 29.5. The number of esters is 2. The molecule has 0 aliphatic carbocycles. The molecule has 0 aromatic heterocycles. The maximum atomic E-state index is 11.8. The number of hydrogen-bond donors (Lipinski definition) is 5. The van der Waals surface area contributed by atoms with Gasteiger partial charge in [-0.25, -0.2) is 9.59 Å². The van der Waals surface area contributed by atoms with Gasteiger partial charge in [-0.05, 0) is 11.8 Å². The second kappa shape index (κ2) is 13.8. The van der Waals surface area contributed by atoms with Crippen LogP contribution in [0.15, 0.2) is 12.2 Å². The lowest BCUT2D eigenvalue weighted by Crippen LogP contribution is -2.46. The Kier molecular flexibility index (Phi) is 12.7. The van der Waals surface area contributed by atoms with E-state index in [4.69, 9.17) is 14.6 Å². The molecule has 0 unspecified atom stereocenters. The lowest BCUT2D eigenvalue weighted by molar-refractivity contribution is -0.141. The minimum Gasteiger partial charge on any atom is -0.461 e. The molecular weight excluding hydrogens is 424 g/mol. The molecule has 11 heteroatoms. The number of ether oxygens (including phenoxy) is 2. The van der Waals surface area contributed by atoms with Gasteiger partial charge in [0.2, 0.25) is 11.8 Å². The van der Waals surface area contributed by atoms with Gasteiger partial charge in [0.1, 0.15) is 25.4 Å². The summed E-state index contributed by atoms with van der Waals surface area (Å²) >= 11 is 0. The molecule has 32 heavy (non-hydrogen) atoms. The Hall–Kier alpha value is -2.50. The van der Waals surface area contributed by atoms with E-state index in [1.54, 1.807) is 13.8 Å². The number of carbonyl (C=O) groups is 4. The second-order valence-corrected chi connectivity index (χ2v) is 8.54. The van der Waals surface area contributed by atoms with Crippen LogP contribution >= 0.6 is 0 Å². The topological polar surface area (TPSA) is 171 Å². The summed E-state index contributed by atoms with van der Waals surface area (Å²) in [6.45, 7) is 7.61. The van der Waals surface area contributed by atoms with Crippen molar-refractivity contribution in [2.24, 2.45) is 10.8 Å². The number of carbonyl (C=O) groups excluding carboxylic acids is 4. The van der Waals surface area contributed by atoms with Crippen molar-refractivity contribution in [3.05, 3.63) is 12.2 Å². The zero-order valence-electron chi connectivity index (χ0n) is 19.3. The zero-order valence-corrected chi connectivity index (χ0v) is 19.3. The summed E-state index contributed by atoms with van der Waals surface area (Å²) in [4.78, 5) is 46.7. The molecule has 0 fully saturated rings. The van der Waals surface area contributed by atoms with Gasteiger partial charge in [0.25, 0.3) is 0 Å². The Bertz CT molecular complexity index is 618. The van der Waals surface area contributed by atoms with Gasteiger partial charge in [0, 0.05) is 17.6 Å². The first-order valence-corrected chi connectivity index (χ1v) is 10.3. The van der Waals surface area contributed by atoms with E-state index in [9.17, 15) is 29.4 Å². The maximum Gasteiger partial charge on any atom is 0.331 e. The molecule has 2 amide bonds. The fourth-order valence-electron chi connectivity index (χ4n) is 2.07.